The Bertz CT molecular complexity index is 2160. The minimum atomic E-state index is -0.953. The third kappa shape index (κ3) is 29.1. The van der Waals surface area contributed by atoms with E-state index in [1.807, 2.05) is 0 Å². The smallest absolute Gasteiger partial charge is 0.109 e. The van der Waals surface area contributed by atoms with Crippen LogP contribution in [0.25, 0.3) is 83.5 Å². The molecule has 0 saturated carbocycles. The summed E-state index contributed by atoms with van der Waals surface area (Å²) < 4.78 is 41.0. The van der Waals surface area contributed by atoms with Crippen molar-refractivity contribution in [3.8, 4) is 0 Å². The van der Waals surface area contributed by atoms with E-state index in [9.17, 15) is 81.7 Å². The van der Waals surface area contributed by atoms with E-state index >= 15 is 0 Å². The Morgan fingerprint density at radius 1 is 0.196 bits per heavy atom. The number of nitrogens with zero attached hydrogens (tertiary/aromatic N) is 24. The molecule has 48 nitrogen and oxygen atoms in total. The van der Waals surface area contributed by atoms with E-state index in [4.69, 9.17) is 82.1 Å². The summed E-state index contributed by atoms with van der Waals surface area (Å²) >= 11 is 0. The highest BCUT2D eigenvalue weighted by molar-refractivity contribution is 4.95. The van der Waals surface area contributed by atoms with Gasteiger partial charge in [0.2, 0.25) is 0 Å². The highest BCUT2D eigenvalue weighted by Gasteiger charge is 2.45. The van der Waals surface area contributed by atoms with Crippen molar-refractivity contribution in [1.29, 1.82) is 0 Å². The Morgan fingerprint density at radius 2 is 0.278 bits per heavy atom. The molecule has 8 aliphatic rings. The van der Waals surface area contributed by atoms with Crippen LogP contribution >= 0.6 is 0 Å². The average molecular weight is 1400 g/mol. The van der Waals surface area contributed by atoms with Crippen LogP contribution in [0.2, 0.25) is 0 Å². The summed E-state index contributed by atoms with van der Waals surface area (Å²) in [5.74, 6) is 0. The van der Waals surface area contributed by atoms with Crippen LogP contribution in [-0.2, 0) is 37.9 Å². The molecule has 8 saturated heterocycles. The standard InChI is InChI=1S/8C6H11N3O3.CH4/c8*1-3-5(10)6(11)4(12-3)2-8-9-7;/h8*3-6,10-11H,2H2,1H3;1H4/t2*3?,4-,5+,6+;2*3?,4-,5+,6-;2*3?,4-,5-,6+;2*3?,4-,5-,6-;/m10101010./s1. The summed E-state index contributed by atoms with van der Waals surface area (Å²) in [7, 11) is 0. The first-order valence-electron chi connectivity index (χ1n) is 29.5. The maximum absolute atomic E-state index is 9.30. The van der Waals surface area contributed by atoms with E-state index in [1.165, 1.54) is 0 Å². The molecule has 0 radical (unpaired) electrons. The third-order valence-corrected chi connectivity index (χ3v) is 15.4. The van der Waals surface area contributed by atoms with E-state index in [2.05, 4.69) is 80.2 Å². The lowest BCUT2D eigenvalue weighted by Gasteiger charge is -2.10. The van der Waals surface area contributed by atoms with Gasteiger partial charge in [-0.05, 0) is 99.6 Å². The lowest BCUT2D eigenvalue weighted by atomic mass is 10.1. The van der Waals surface area contributed by atoms with Gasteiger partial charge in [-0.2, -0.15) is 0 Å². The molecule has 0 aliphatic carbocycles. The predicted molar refractivity (Wildman–Crippen MR) is 330 cm³/mol. The molecule has 0 amide bonds. The van der Waals surface area contributed by atoms with Gasteiger partial charge in [0.25, 0.3) is 0 Å². The molecule has 0 aromatic heterocycles. The zero-order valence-corrected chi connectivity index (χ0v) is 53.3. The van der Waals surface area contributed by atoms with Crippen molar-refractivity contribution >= 4 is 0 Å². The van der Waals surface area contributed by atoms with Gasteiger partial charge in [0, 0.05) is 39.3 Å². The lowest BCUT2D eigenvalue weighted by Crippen LogP contribution is -2.32. The normalized spacial score (nSPS) is 40.5. The van der Waals surface area contributed by atoms with Crippen molar-refractivity contribution in [3.05, 3.63) is 83.5 Å². The number of aliphatic hydroxyl groups excluding tert-OH is 16. The molecule has 0 bridgehead atoms. The van der Waals surface area contributed by atoms with Crippen molar-refractivity contribution in [2.75, 3.05) is 52.4 Å². The van der Waals surface area contributed by atoms with Gasteiger partial charge in [-0.15, -0.1) is 0 Å². The minimum absolute atomic E-state index is 0. The second-order valence-electron chi connectivity index (χ2n) is 22.2. The minimum Gasteiger partial charge on any atom is -0.388 e. The Labute approximate surface area is 553 Å². The monoisotopic (exact) mass is 1400 g/mol. The lowest BCUT2D eigenvalue weighted by molar-refractivity contribution is 0.0223. The fraction of sp³-hybridized carbons (Fsp3) is 1.00. The summed E-state index contributed by atoms with van der Waals surface area (Å²) in [5, 5.41) is 174. The van der Waals surface area contributed by atoms with E-state index in [-0.39, 0.29) is 59.8 Å². The first kappa shape index (κ1) is 90.5. The van der Waals surface area contributed by atoms with Crippen molar-refractivity contribution in [1.82, 2.24) is 0 Å². The zero-order valence-electron chi connectivity index (χ0n) is 53.3. The number of hydrogen-bond acceptors (Lipinski definition) is 32. The van der Waals surface area contributed by atoms with Gasteiger partial charge < -0.3 is 120 Å². The van der Waals surface area contributed by atoms with Gasteiger partial charge in [0.15, 0.2) is 0 Å². The van der Waals surface area contributed by atoms with Crippen molar-refractivity contribution in [3.63, 3.8) is 0 Å². The van der Waals surface area contributed by atoms with Crippen LogP contribution in [0.15, 0.2) is 40.9 Å². The van der Waals surface area contributed by atoms with Crippen LogP contribution in [0.4, 0.5) is 0 Å². The Hall–Kier alpha value is -6.48. The number of rotatable bonds is 16. The molecule has 16 N–H and O–H groups in total. The second-order valence-corrected chi connectivity index (χ2v) is 22.2. The van der Waals surface area contributed by atoms with Gasteiger partial charge in [-0.3, -0.25) is 0 Å². The summed E-state index contributed by atoms with van der Waals surface area (Å²) in [6.07, 6.45) is -22.6. The Balaban J connectivity index is 0.00000108. The molecule has 0 aromatic carbocycles. The average Bonchev–Trinajstić information content (AvgIpc) is 2.05. The largest absolute Gasteiger partial charge is 0.388 e. The third-order valence-electron chi connectivity index (χ3n) is 15.4. The summed E-state index contributed by atoms with van der Waals surface area (Å²) in [6, 6.07) is 0. The number of hydrogen-bond donors (Lipinski definition) is 16. The molecular weight excluding hydrogens is 1310 g/mol. The van der Waals surface area contributed by atoms with Crippen LogP contribution < -0.4 is 0 Å². The van der Waals surface area contributed by atoms with Crippen molar-refractivity contribution in [2.45, 2.75) is 258 Å². The molecule has 8 fully saturated rings. The number of azide groups is 8. The van der Waals surface area contributed by atoms with E-state index in [0.29, 0.717) is 0 Å². The van der Waals surface area contributed by atoms with Gasteiger partial charge in [0.05, 0.1) is 150 Å². The van der Waals surface area contributed by atoms with Crippen molar-refractivity contribution in [2.24, 2.45) is 40.9 Å². The van der Waals surface area contributed by atoms with Crippen LogP contribution in [0.5, 0.6) is 0 Å². The second kappa shape index (κ2) is 47.5. The van der Waals surface area contributed by atoms with Crippen molar-refractivity contribution < 1.29 is 120 Å². The Morgan fingerprint density at radius 3 is 0.330 bits per heavy atom. The topological polar surface area (TPSA) is 788 Å². The van der Waals surface area contributed by atoms with Crippen LogP contribution in [0.1, 0.15) is 62.8 Å². The Kier molecular flexibility index (Phi) is 44.3. The zero-order chi connectivity index (χ0) is 73.1. The maximum atomic E-state index is 9.30. The molecule has 0 aromatic rings. The number of ether oxygens (including phenoxy) is 8. The van der Waals surface area contributed by atoms with Gasteiger partial charge in [-0.25, -0.2) is 0 Å². The maximum Gasteiger partial charge on any atom is 0.109 e. The molecular formula is C49H92N24O24. The summed E-state index contributed by atoms with van der Waals surface area (Å²) in [6.45, 7) is 13.7. The first-order chi connectivity index (χ1) is 45.3. The SMILES string of the molecule is C.CC1O[C@@H](CN=[N+]=[N-])[C@@H](O)[C@@H]1O.CC1O[C@@H](CN=[N+]=[N-])[C@@H](O)[C@H]1O.CC1O[C@@H](CN=[N+]=[N-])[C@H](O)[C@@H]1O.CC1O[C@@H](CN=[N+]=[N-])[C@H](O)[C@H]1O.CC1O[C@H](CN=[N+]=[N-])[C@@H](O)[C@@H]1O.CC1O[C@H](CN=[N+]=[N-])[C@@H](O)[C@H]1O.CC1O[C@H](CN=[N+]=[N-])[C@H](O)[C@@H]1O.CC1O[C@H](CN=[N+]=[N-])[C@H](O)[C@H]1O. The molecule has 8 aliphatic heterocycles. The molecule has 552 valence electrons. The predicted octanol–water partition coefficient (Wildman–Crippen LogP) is -0.917. The van der Waals surface area contributed by atoms with E-state index < -0.39 is 195 Å². The molecule has 97 heavy (non-hydrogen) atoms. The summed E-state index contributed by atoms with van der Waals surface area (Å²) in [5.41, 5.74) is 64.0. The molecule has 8 unspecified atom stereocenters. The number of aliphatic hydroxyl groups is 16. The molecule has 8 heterocycles. The van der Waals surface area contributed by atoms with Crippen LogP contribution in [-0.4, -0.2) is 329 Å². The first-order valence-corrected chi connectivity index (χ1v) is 29.5. The van der Waals surface area contributed by atoms with E-state index in [1.54, 1.807) is 55.4 Å². The molecule has 32 atom stereocenters. The van der Waals surface area contributed by atoms with Gasteiger partial charge in [0.1, 0.15) is 97.7 Å². The van der Waals surface area contributed by atoms with Gasteiger partial charge in [-0.1, -0.05) is 48.3 Å². The highest BCUT2D eigenvalue weighted by atomic mass is 16.6. The van der Waals surface area contributed by atoms with E-state index in [0.717, 1.165) is 0 Å². The van der Waals surface area contributed by atoms with Gasteiger partial charge >= 0.3 is 0 Å². The quantitative estimate of drug-likeness (QED) is 0.0505. The fourth-order valence-electron chi connectivity index (χ4n) is 9.62. The molecule has 0 spiro atoms. The van der Waals surface area contributed by atoms with Crippen LogP contribution in [0, 0.1) is 0 Å². The summed E-state index contributed by atoms with van der Waals surface area (Å²) in [4.78, 5) is 20.3. The molecule has 8 rings (SSSR count). The highest BCUT2D eigenvalue weighted by Crippen LogP contribution is 2.27. The fourth-order valence-corrected chi connectivity index (χ4v) is 9.62. The molecule has 48 heteroatoms. The van der Waals surface area contributed by atoms with Crippen LogP contribution in [0.3, 0.4) is 0 Å².